The lowest BCUT2D eigenvalue weighted by atomic mass is 9.82. The summed E-state index contributed by atoms with van der Waals surface area (Å²) in [7, 11) is 0. The molecule has 113 heavy (non-hydrogen) atoms. The molecule has 692 valence electrons. The van der Waals surface area contributed by atoms with Gasteiger partial charge in [0.25, 0.3) is 0 Å². The quantitative estimate of drug-likeness (QED) is 0.0208. The average molecular weight is 1920 g/mol. The van der Waals surface area contributed by atoms with Gasteiger partial charge in [0, 0.05) is 94.5 Å². The van der Waals surface area contributed by atoms with Crippen molar-refractivity contribution in [2.45, 2.75) is 489 Å². The Bertz CT molecular complexity index is 1920. The van der Waals surface area contributed by atoms with Gasteiger partial charge in [-0.15, -0.1) is 0 Å². The van der Waals surface area contributed by atoms with Crippen molar-refractivity contribution in [1.29, 1.82) is 0 Å². The van der Waals surface area contributed by atoms with E-state index in [4.69, 9.17) is 0 Å². The number of hydrogen-bond donors (Lipinski definition) is 18. The van der Waals surface area contributed by atoms with Crippen molar-refractivity contribution >= 4 is 227 Å². The van der Waals surface area contributed by atoms with Gasteiger partial charge in [0.1, 0.15) is 0 Å². The summed E-state index contributed by atoms with van der Waals surface area (Å²) >= 11 is 82.2. The van der Waals surface area contributed by atoms with Gasteiger partial charge in [-0.1, -0.05) is 292 Å². The van der Waals surface area contributed by atoms with Gasteiger partial charge in [0.15, 0.2) is 0 Å². The second-order valence-corrected chi connectivity index (χ2v) is 51.6. The molecule has 0 saturated heterocycles. The highest BCUT2D eigenvalue weighted by molar-refractivity contribution is 7.86. The summed E-state index contributed by atoms with van der Waals surface area (Å²) in [4.78, 5) is 0. The van der Waals surface area contributed by atoms with Crippen LogP contribution in [0.3, 0.4) is 0 Å². The van der Waals surface area contributed by atoms with Gasteiger partial charge in [-0.2, -0.15) is 227 Å². The van der Waals surface area contributed by atoms with Gasteiger partial charge in [0.05, 0.1) is 0 Å². The molecule has 2 aliphatic rings. The SMILES string of the molecule is CC(C)C(S)CCC(S)C(S)C(C)C.CC(C)CC(S)CCC(S)C(C)C.CC(C)CCCC(S)CC(C)C.CC(C)CCCCC(S)C(C)C.CC1CC(C)CC(S)C1.CC1CC(S)CC(C)C1S.CCC(C)C(S)C(C)C(C)S.CCC(C)C(S)CCC(S)C(S)C(C)C(C)S.CCC(C)CCCCC(S)C(C)C(C)S. The summed E-state index contributed by atoms with van der Waals surface area (Å²) in [6.45, 7) is 71.9. The van der Waals surface area contributed by atoms with E-state index >= 15 is 0 Å². The van der Waals surface area contributed by atoms with E-state index in [9.17, 15) is 0 Å². The topological polar surface area (TPSA) is 0 Å². The molecule has 0 bridgehead atoms. The van der Waals surface area contributed by atoms with Crippen LogP contribution in [0, 0.1) is 107 Å². The molecule has 2 aliphatic carbocycles. The van der Waals surface area contributed by atoms with E-state index in [-0.39, 0.29) is 0 Å². The minimum absolute atomic E-state index is 0.309. The lowest BCUT2D eigenvalue weighted by Crippen LogP contribution is -2.30. The van der Waals surface area contributed by atoms with E-state index in [1.54, 1.807) is 0 Å². The molecule has 0 amide bonds. The molecule has 0 aromatic carbocycles. The third-order valence-electron chi connectivity index (χ3n) is 23.7. The van der Waals surface area contributed by atoms with Crippen LogP contribution in [-0.4, -0.2) is 94.5 Å². The Morgan fingerprint density at radius 3 is 0.929 bits per heavy atom. The first-order chi connectivity index (χ1) is 51.9. The molecule has 2 fully saturated rings. The summed E-state index contributed by atoms with van der Waals surface area (Å²) in [6, 6.07) is 0. The van der Waals surface area contributed by atoms with Crippen LogP contribution in [0.2, 0.25) is 0 Å². The Morgan fingerprint density at radius 2 is 0.575 bits per heavy atom. The van der Waals surface area contributed by atoms with Crippen molar-refractivity contribution in [2.75, 3.05) is 0 Å². The van der Waals surface area contributed by atoms with Gasteiger partial charge < -0.3 is 0 Å². The molecule has 0 heterocycles. The minimum Gasteiger partial charge on any atom is -0.176 e. The standard InChI is InChI=1S/C13H28S4.C13H28S2.C11H24S3.C11H24S2.2C11H24S.C9H20S2.C8H16S2.C8H16S/c1-5-8(2)11(15)6-7-12(16)13(17)9(3)10(4)14;1-5-10(2)8-6-7-9-13(15)11(3)12(4)14;1-7(2)9(12)5-6-10(13)11(14)8(3)4;1-8(2)7-10(12)5-6-11(13)9(3)4;1-9(2)6-5-7-11(12)8-10(3)4;1-9(2)7-5-6-8-11(12)10(3)4;1-5-6(2)9(11)7(3)8(4)10;1-5-3-7(9)4-6(2)8(5)10;1-6-3-7(2)5-8(9)4-6/h8-17H,5-7H2,1-4H3;10-15H,5-9H2,1-4H3;7-14H,5-6H2,1-4H3;8-13H,5-7H2,1-4H3;2*9-12H,5-8H2,1-4H3;6-11H,5H2,1-4H3;5-10H,3-4H2,1-2H3;6-9H,3-5H2,1-2H3. The van der Waals surface area contributed by atoms with Gasteiger partial charge in [-0.25, -0.2) is 0 Å². The maximum atomic E-state index is 4.69. The zero-order valence-corrected chi connectivity index (χ0v) is 96.0. The average Bonchev–Trinajstić information content (AvgIpc) is 0.861. The maximum Gasteiger partial charge on any atom is 0.0169 e. The van der Waals surface area contributed by atoms with Crippen LogP contribution in [0.4, 0.5) is 0 Å². The number of rotatable bonds is 44. The largest absolute Gasteiger partial charge is 0.176 e. The van der Waals surface area contributed by atoms with E-state index in [0.717, 1.165) is 84.9 Å². The number of unbranched alkanes of at least 4 members (excludes halogenated alkanes) is 2. The molecular formula is C95H204S18. The summed E-state index contributed by atoms with van der Waals surface area (Å²) < 4.78 is 0. The molecule has 2 saturated carbocycles. The summed E-state index contributed by atoms with van der Waals surface area (Å²) in [5.41, 5.74) is 0. The molecule has 0 radical (unpaired) electrons. The predicted octanol–water partition coefficient (Wildman–Crippen LogP) is 34.5. The molecule has 0 spiro atoms. The molecule has 0 aromatic rings. The van der Waals surface area contributed by atoms with Crippen molar-refractivity contribution in [1.82, 2.24) is 0 Å². The second kappa shape index (κ2) is 81.5. The summed E-state index contributed by atoms with van der Waals surface area (Å²) in [5.74, 6) is 13.2. The fraction of sp³-hybridized carbons (Fsp3) is 1.00. The van der Waals surface area contributed by atoms with Crippen molar-refractivity contribution in [2.24, 2.45) is 107 Å². The van der Waals surface area contributed by atoms with Crippen molar-refractivity contribution in [3.63, 3.8) is 0 Å². The van der Waals surface area contributed by atoms with Gasteiger partial charge in [-0.3, -0.25) is 0 Å². The molecule has 0 nitrogen and oxygen atoms in total. The Hall–Kier alpha value is 6.30. The lowest BCUT2D eigenvalue weighted by molar-refractivity contribution is 0.310. The van der Waals surface area contributed by atoms with Crippen LogP contribution in [0.5, 0.6) is 0 Å². The van der Waals surface area contributed by atoms with E-state index < -0.39 is 0 Å². The first-order valence-electron chi connectivity index (χ1n) is 46.2. The maximum absolute atomic E-state index is 4.69. The molecule has 0 aliphatic heterocycles. The summed E-state index contributed by atoms with van der Waals surface area (Å²) in [5, 5.41) is 8.96. The molecule has 0 aromatic heterocycles. The Balaban J connectivity index is -0.000000225. The van der Waals surface area contributed by atoms with Crippen molar-refractivity contribution < 1.29 is 0 Å². The Labute approximate surface area is 814 Å². The molecule has 2 rings (SSSR count). The summed E-state index contributed by atoms with van der Waals surface area (Å²) in [6.07, 6.45) is 34.3. The minimum atomic E-state index is 0.309. The van der Waals surface area contributed by atoms with Crippen LogP contribution in [0.15, 0.2) is 0 Å². The van der Waals surface area contributed by atoms with E-state index in [2.05, 4.69) is 449 Å². The Morgan fingerprint density at radius 1 is 0.257 bits per heavy atom. The predicted molar refractivity (Wildman–Crippen MR) is 599 cm³/mol. The lowest BCUT2D eigenvalue weighted by Gasteiger charge is -2.34. The van der Waals surface area contributed by atoms with E-state index in [1.165, 1.54) is 148 Å². The monoisotopic (exact) mass is 1920 g/mol. The molecule has 0 N–H and O–H groups in total. The van der Waals surface area contributed by atoms with Crippen LogP contribution in [-0.2, 0) is 0 Å². The third-order valence-corrected chi connectivity index (χ3v) is 36.3. The molecule has 25 atom stereocenters. The Kier molecular flexibility index (Phi) is 95.5. The smallest absolute Gasteiger partial charge is 0.0169 e. The molecule has 18 heteroatoms. The fourth-order valence-electron chi connectivity index (χ4n) is 13.4. The highest BCUT2D eigenvalue weighted by Crippen LogP contribution is 2.37. The second-order valence-electron chi connectivity index (χ2n) is 39.2. The van der Waals surface area contributed by atoms with E-state index in [0.29, 0.717) is 142 Å². The van der Waals surface area contributed by atoms with Gasteiger partial charge >= 0.3 is 0 Å². The first-order valence-corrected chi connectivity index (χ1v) is 55.5. The first kappa shape index (κ1) is 132. The third kappa shape index (κ3) is 82.5. The zero-order valence-electron chi connectivity index (χ0n) is 79.9. The van der Waals surface area contributed by atoms with Crippen LogP contribution in [0.25, 0.3) is 0 Å². The number of hydrogen-bond acceptors (Lipinski definition) is 18. The van der Waals surface area contributed by atoms with E-state index in [1.807, 2.05) is 0 Å². The zero-order chi connectivity index (χ0) is 89.9. The van der Waals surface area contributed by atoms with Crippen molar-refractivity contribution in [3.8, 4) is 0 Å². The highest BCUT2D eigenvalue weighted by atomic mass is 32.1. The van der Waals surface area contributed by atoms with Crippen LogP contribution in [0.1, 0.15) is 395 Å². The highest BCUT2D eigenvalue weighted by Gasteiger charge is 2.30. The van der Waals surface area contributed by atoms with Gasteiger partial charge in [0.2, 0.25) is 0 Å². The molecule has 25 unspecified atom stereocenters. The molecular weight excluding hydrogens is 1720 g/mol. The van der Waals surface area contributed by atoms with Crippen molar-refractivity contribution in [3.05, 3.63) is 0 Å². The fourth-order valence-corrected chi connectivity index (χ4v) is 20.4. The normalized spacial score (nSPS) is 23.4. The van der Waals surface area contributed by atoms with Crippen LogP contribution >= 0.6 is 227 Å². The van der Waals surface area contributed by atoms with Crippen LogP contribution < -0.4 is 0 Å². The van der Waals surface area contributed by atoms with Gasteiger partial charge in [-0.05, 0) is 209 Å². The number of thiol groups is 18.